The molecule has 0 unspecified atom stereocenters. The van der Waals surface area contributed by atoms with Crippen molar-refractivity contribution in [3.63, 3.8) is 0 Å². The second-order valence-corrected chi connectivity index (χ2v) is 11.0. The average Bonchev–Trinajstić information content (AvgIpc) is 3.19. The number of carbonyl (C=O) groups excluding carboxylic acids is 1. The maximum absolute atomic E-state index is 13.5. The molecule has 5 rings (SSSR count). The summed E-state index contributed by atoms with van der Waals surface area (Å²) in [6.45, 7) is 6.17. The Labute approximate surface area is 221 Å². The Bertz CT molecular complexity index is 1590. The molecule has 0 aliphatic rings. The summed E-state index contributed by atoms with van der Waals surface area (Å²) >= 11 is 11.1. The van der Waals surface area contributed by atoms with Crippen molar-refractivity contribution in [1.29, 1.82) is 0 Å². The molecule has 3 aromatic carbocycles. The van der Waals surface area contributed by atoms with Gasteiger partial charge in [0.1, 0.15) is 0 Å². The Morgan fingerprint density at radius 2 is 1.71 bits per heavy atom. The zero-order valence-electron chi connectivity index (χ0n) is 19.3. The van der Waals surface area contributed by atoms with Crippen molar-refractivity contribution in [2.45, 2.75) is 20.8 Å². The number of nitrogens with zero attached hydrogens (tertiary/aromatic N) is 2. The number of benzene rings is 3. The van der Waals surface area contributed by atoms with E-state index in [2.05, 4.69) is 53.3 Å². The fourth-order valence-electron chi connectivity index (χ4n) is 4.01. The molecule has 0 aliphatic carbocycles. The van der Waals surface area contributed by atoms with Gasteiger partial charge in [0.05, 0.1) is 22.5 Å². The highest BCUT2D eigenvalue weighted by atomic mass is 79.9. The molecule has 1 N–H and O–H groups in total. The molecule has 0 saturated heterocycles. The zero-order chi connectivity index (χ0) is 24.7. The third-order valence-electron chi connectivity index (χ3n) is 5.82. The zero-order valence-corrected chi connectivity index (χ0v) is 22.5. The van der Waals surface area contributed by atoms with Crippen LogP contribution in [0.4, 0.5) is 5.13 Å². The second kappa shape index (κ2) is 9.53. The highest BCUT2D eigenvalue weighted by Crippen LogP contribution is 2.34. The van der Waals surface area contributed by atoms with E-state index in [9.17, 15) is 4.79 Å². The van der Waals surface area contributed by atoms with Gasteiger partial charge in [-0.15, -0.1) is 11.3 Å². The van der Waals surface area contributed by atoms with Crippen LogP contribution in [0.5, 0.6) is 0 Å². The van der Waals surface area contributed by atoms with Gasteiger partial charge in [0, 0.05) is 30.9 Å². The number of hydrogen-bond donors (Lipinski definition) is 1. The summed E-state index contributed by atoms with van der Waals surface area (Å²) in [5, 5.41) is 5.00. The van der Waals surface area contributed by atoms with Crippen molar-refractivity contribution in [3.05, 3.63) is 97.8 Å². The summed E-state index contributed by atoms with van der Waals surface area (Å²) in [6.07, 6.45) is 0. The molecule has 0 fully saturated rings. The van der Waals surface area contributed by atoms with Gasteiger partial charge in [0.2, 0.25) is 0 Å². The summed E-state index contributed by atoms with van der Waals surface area (Å²) in [4.78, 5) is 24.2. The minimum atomic E-state index is -0.230. The lowest BCUT2D eigenvalue weighted by atomic mass is 10.0. The molecule has 0 radical (unpaired) electrons. The average molecular weight is 563 g/mol. The van der Waals surface area contributed by atoms with Crippen molar-refractivity contribution >= 4 is 60.8 Å². The summed E-state index contributed by atoms with van der Waals surface area (Å²) in [5.41, 5.74) is 7.16. The van der Waals surface area contributed by atoms with Gasteiger partial charge in [0.25, 0.3) is 5.91 Å². The summed E-state index contributed by atoms with van der Waals surface area (Å²) in [6, 6.07) is 21.3. The number of aryl methyl sites for hydroxylation is 3. The number of fused-ring (bicyclic) bond motifs is 1. The van der Waals surface area contributed by atoms with Crippen molar-refractivity contribution in [3.8, 4) is 22.5 Å². The molecule has 0 atom stereocenters. The van der Waals surface area contributed by atoms with E-state index in [-0.39, 0.29) is 5.91 Å². The number of nitrogens with one attached hydrogen (secondary N) is 1. The second-order valence-electron chi connectivity index (χ2n) is 8.42. The van der Waals surface area contributed by atoms with Gasteiger partial charge < -0.3 is 0 Å². The Morgan fingerprint density at radius 3 is 2.49 bits per heavy atom. The number of carbonyl (C=O) groups is 1. The summed E-state index contributed by atoms with van der Waals surface area (Å²) in [5.74, 6) is -0.230. The van der Waals surface area contributed by atoms with E-state index in [1.165, 1.54) is 16.9 Å². The van der Waals surface area contributed by atoms with E-state index in [1.54, 1.807) is 0 Å². The number of anilines is 1. The lowest BCUT2D eigenvalue weighted by Gasteiger charge is -2.10. The highest BCUT2D eigenvalue weighted by Gasteiger charge is 2.18. The van der Waals surface area contributed by atoms with Crippen LogP contribution in [-0.2, 0) is 0 Å². The first-order valence-corrected chi connectivity index (χ1v) is 13.0. The maximum atomic E-state index is 13.5. The number of pyridine rings is 1. The Morgan fingerprint density at radius 1 is 0.943 bits per heavy atom. The van der Waals surface area contributed by atoms with Crippen LogP contribution in [0.3, 0.4) is 0 Å². The molecule has 174 valence electrons. The molecular weight excluding hydrogens is 542 g/mol. The molecule has 7 heteroatoms. The smallest absolute Gasteiger partial charge is 0.258 e. The van der Waals surface area contributed by atoms with Gasteiger partial charge in [-0.25, -0.2) is 9.97 Å². The minimum Gasteiger partial charge on any atom is -0.298 e. The number of amides is 1. The highest BCUT2D eigenvalue weighted by molar-refractivity contribution is 9.10. The Balaban J connectivity index is 1.55. The molecule has 35 heavy (non-hydrogen) atoms. The molecule has 5 aromatic rings. The Hall–Kier alpha value is -3.06. The summed E-state index contributed by atoms with van der Waals surface area (Å²) < 4.78 is 0.877. The molecule has 4 nitrogen and oxygen atoms in total. The molecule has 2 aromatic heterocycles. The summed E-state index contributed by atoms with van der Waals surface area (Å²) in [7, 11) is 0. The predicted octanol–water partition coefficient (Wildman–Crippen LogP) is 8.62. The lowest BCUT2D eigenvalue weighted by Crippen LogP contribution is -2.13. The van der Waals surface area contributed by atoms with Crippen LogP contribution in [0.2, 0.25) is 5.02 Å². The van der Waals surface area contributed by atoms with Crippen LogP contribution in [0, 0.1) is 20.8 Å². The van der Waals surface area contributed by atoms with Gasteiger partial charge in [-0.1, -0.05) is 57.4 Å². The molecule has 1 amide bonds. The van der Waals surface area contributed by atoms with Gasteiger partial charge in [0.15, 0.2) is 5.13 Å². The number of hydrogen-bond acceptors (Lipinski definition) is 4. The monoisotopic (exact) mass is 561 g/mol. The lowest BCUT2D eigenvalue weighted by molar-refractivity contribution is 0.102. The third-order valence-corrected chi connectivity index (χ3v) is 7.45. The molecule has 0 bridgehead atoms. The van der Waals surface area contributed by atoms with Gasteiger partial charge in [-0.3, -0.25) is 10.1 Å². The standard InChI is InChI=1S/C28H21BrClN3OS/c1-15-4-5-16(2)21(12-15)26-17(3)35-28(32-26)33-27(34)23-14-25(18-6-9-20(30)10-7-18)31-24-11-8-19(29)13-22(23)24/h4-14H,1-3H3,(H,32,33,34). The minimum absolute atomic E-state index is 0.230. The SMILES string of the molecule is Cc1ccc(C)c(-c2nc(NC(=O)c3cc(-c4ccc(Cl)cc4)nc4ccc(Br)cc34)sc2C)c1. The largest absolute Gasteiger partial charge is 0.298 e. The quantitative estimate of drug-likeness (QED) is 0.238. The van der Waals surface area contributed by atoms with Crippen LogP contribution < -0.4 is 5.32 Å². The van der Waals surface area contributed by atoms with Gasteiger partial charge in [-0.2, -0.15) is 0 Å². The van der Waals surface area contributed by atoms with Crippen LogP contribution >= 0.6 is 38.9 Å². The number of rotatable bonds is 4. The first-order valence-electron chi connectivity index (χ1n) is 11.0. The van der Waals surface area contributed by atoms with E-state index in [4.69, 9.17) is 21.6 Å². The number of halogens is 2. The van der Waals surface area contributed by atoms with Crippen LogP contribution in [0.25, 0.3) is 33.4 Å². The molecule has 0 saturated carbocycles. The molecule has 0 aliphatic heterocycles. The first kappa shape index (κ1) is 23.7. The molecular formula is C28H21BrClN3OS. The number of thiazole rings is 1. The van der Waals surface area contributed by atoms with Crippen molar-refractivity contribution in [2.24, 2.45) is 0 Å². The first-order chi connectivity index (χ1) is 16.8. The fourth-order valence-corrected chi connectivity index (χ4v) is 5.32. The van der Waals surface area contributed by atoms with E-state index in [0.717, 1.165) is 42.6 Å². The van der Waals surface area contributed by atoms with E-state index < -0.39 is 0 Å². The van der Waals surface area contributed by atoms with E-state index in [1.807, 2.05) is 55.5 Å². The van der Waals surface area contributed by atoms with Gasteiger partial charge in [-0.05, 0) is 68.8 Å². The van der Waals surface area contributed by atoms with Crippen molar-refractivity contribution < 1.29 is 4.79 Å². The predicted molar refractivity (Wildman–Crippen MR) is 150 cm³/mol. The van der Waals surface area contributed by atoms with Crippen molar-refractivity contribution in [1.82, 2.24) is 9.97 Å². The third kappa shape index (κ3) is 4.87. The maximum Gasteiger partial charge on any atom is 0.258 e. The van der Waals surface area contributed by atoms with Crippen LogP contribution in [-0.4, -0.2) is 15.9 Å². The van der Waals surface area contributed by atoms with Crippen molar-refractivity contribution in [2.75, 3.05) is 5.32 Å². The van der Waals surface area contributed by atoms with Crippen LogP contribution in [0.15, 0.2) is 71.2 Å². The molecule has 2 heterocycles. The van der Waals surface area contributed by atoms with E-state index in [0.29, 0.717) is 21.4 Å². The van der Waals surface area contributed by atoms with Crippen LogP contribution in [0.1, 0.15) is 26.4 Å². The fraction of sp³-hybridized carbons (Fsp3) is 0.107. The number of aromatic nitrogens is 2. The topological polar surface area (TPSA) is 54.9 Å². The molecule has 0 spiro atoms. The normalized spacial score (nSPS) is 11.1. The van der Waals surface area contributed by atoms with E-state index >= 15 is 0 Å². The Kier molecular flexibility index (Phi) is 6.45. The van der Waals surface area contributed by atoms with Gasteiger partial charge >= 0.3 is 0 Å².